The number of hydrogen-bond acceptors (Lipinski definition) is 6. The van der Waals surface area contributed by atoms with Gasteiger partial charge in [0.25, 0.3) is 5.91 Å². The van der Waals surface area contributed by atoms with E-state index < -0.39 is 17.7 Å². The van der Waals surface area contributed by atoms with Gasteiger partial charge in [0.15, 0.2) is 6.04 Å². The number of rotatable bonds is 6. The first kappa shape index (κ1) is 17.3. The predicted molar refractivity (Wildman–Crippen MR) is 94.0 cm³/mol. The number of tetrazole rings is 1. The van der Waals surface area contributed by atoms with Gasteiger partial charge in [0.1, 0.15) is 11.6 Å². The molecule has 0 saturated carbocycles. The number of ketones is 1. The number of para-hydroxylation sites is 2. The molecule has 26 heavy (non-hydrogen) atoms. The predicted octanol–water partition coefficient (Wildman–Crippen LogP) is 2.05. The normalized spacial score (nSPS) is 11.6. The highest BCUT2D eigenvalue weighted by molar-refractivity contribution is 6.16. The van der Waals surface area contributed by atoms with Crippen LogP contribution in [-0.2, 0) is 4.79 Å². The van der Waals surface area contributed by atoms with E-state index in [4.69, 9.17) is 4.74 Å². The molecule has 0 radical (unpaired) electrons. The molecule has 0 aliphatic rings. The number of nitrogens with one attached hydrogen (secondary N) is 1. The molecular weight excluding hydrogens is 334 g/mol. The lowest BCUT2D eigenvalue weighted by Crippen LogP contribution is -2.34. The molecular formula is C18H17N5O3. The lowest BCUT2D eigenvalue weighted by atomic mass is 10.0. The van der Waals surface area contributed by atoms with Gasteiger partial charge >= 0.3 is 0 Å². The molecule has 0 aliphatic heterocycles. The average Bonchev–Trinajstić information content (AvgIpc) is 3.08. The number of hydrogen-bond donors (Lipinski definition) is 1. The topological polar surface area (TPSA) is 99.0 Å². The van der Waals surface area contributed by atoms with Crippen LogP contribution >= 0.6 is 0 Å². The molecule has 0 aliphatic carbocycles. The molecule has 0 fully saturated rings. The van der Waals surface area contributed by atoms with Crippen molar-refractivity contribution in [2.24, 2.45) is 0 Å². The summed E-state index contributed by atoms with van der Waals surface area (Å²) in [4.78, 5) is 26.0. The van der Waals surface area contributed by atoms with Crippen LogP contribution in [0.15, 0.2) is 54.6 Å². The molecule has 8 heteroatoms. The van der Waals surface area contributed by atoms with Gasteiger partial charge in [0.05, 0.1) is 12.7 Å². The van der Waals surface area contributed by atoms with Gasteiger partial charge in [0.2, 0.25) is 5.78 Å². The molecule has 3 rings (SSSR count). The summed E-state index contributed by atoms with van der Waals surface area (Å²) in [7, 11) is 1.47. The third kappa shape index (κ3) is 3.44. The number of aromatic nitrogens is 4. The van der Waals surface area contributed by atoms with E-state index in [1.165, 1.54) is 11.8 Å². The molecule has 8 nitrogen and oxygen atoms in total. The van der Waals surface area contributed by atoms with Crippen LogP contribution in [0.2, 0.25) is 0 Å². The minimum absolute atomic E-state index is 0.276. The Bertz CT molecular complexity index is 923. The lowest BCUT2D eigenvalue weighted by molar-refractivity contribution is -0.118. The van der Waals surface area contributed by atoms with E-state index in [9.17, 15) is 9.59 Å². The van der Waals surface area contributed by atoms with Crippen molar-refractivity contribution in [2.75, 3.05) is 12.4 Å². The summed E-state index contributed by atoms with van der Waals surface area (Å²) < 4.78 is 6.45. The van der Waals surface area contributed by atoms with E-state index in [1.54, 1.807) is 55.5 Å². The molecule has 0 spiro atoms. The number of Topliss-reactive ketones (excluding diaryl/α,β-unsaturated/α-hetero) is 1. The molecule has 2 aromatic carbocycles. The number of benzene rings is 2. The molecule has 3 aromatic rings. The maximum absolute atomic E-state index is 13.1. The average molecular weight is 351 g/mol. The summed E-state index contributed by atoms with van der Waals surface area (Å²) in [6.07, 6.45) is 0. The van der Waals surface area contributed by atoms with Gasteiger partial charge in [-0.3, -0.25) is 9.59 Å². The van der Waals surface area contributed by atoms with E-state index >= 15 is 0 Å². The number of ether oxygens (including phenoxy) is 1. The van der Waals surface area contributed by atoms with Gasteiger partial charge < -0.3 is 10.1 Å². The smallest absolute Gasteiger partial charge is 0.257 e. The van der Waals surface area contributed by atoms with Crippen LogP contribution < -0.4 is 10.1 Å². The Balaban J connectivity index is 2.00. The summed E-state index contributed by atoms with van der Waals surface area (Å²) in [6.45, 7) is 1.62. The Hall–Kier alpha value is -3.55. The highest BCUT2D eigenvalue weighted by atomic mass is 16.5. The fourth-order valence-electron chi connectivity index (χ4n) is 2.55. The Morgan fingerprint density at radius 1 is 1.08 bits per heavy atom. The first-order valence-electron chi connectivity index (χ1n) is 7.89. The minimum atomic E-state index is -1.26. The van der Waals surface area contributed by atoms with Gasteiger partial charge in [0, 0.05) is 5.69 Å². The zero-order chi connectivity index (χ0) is 18.5. The number of carbonyl (C=O) groups excluding carboxylic acids is 2. The maximum atomic E-state index is 13.1. The first-order valence-corrected chi connectivity index (χ1v) is 7.89. The van der Waals surface area contributed by atoms with Crippen molar-refractivity contribution in [3.63, 3.8) is 0 Å². The van der Waals surface area contributed by atoms with Crippen molar-refractivity contribution in [3.05, 3.63) is 66.0 Å². The number of aryl methyl sites for hydroxylation is 1. The summed E-state index contributed by atoms with van der Waals surface area (Å²) >= 11 is 0. The van der Waals surface area contributed by atoms with E-state index in [0.717, 1.165) is 0 Å². The van der Waals surface area contributed by atoms with Gasteiger partial charge in [-0.25, -0.2) is 4.68 Å². The number of methoxy groups -OCH3 is 1. The van der Waals surface area contributed by atoms with Crippen LogP contribution in [0.4, 0.5) is 5.69 Å². The molecule has 1 N–H and O–H groups in total. The summed E-state index contributed by atoms with van der Waals surface area (Å²) in [6, 6.07) is 14.3. The highest BCUT2D eigenvalue weighted by Gasteiger charge is 2.33. The largest absolute Gasteiger partial charge is 0.496 e. The van der Waals surface area contributed by atoms with Crippen molar-refractivity contribution >= 4 is 17.4 Å². The second-order valence-corrected chi connectivity index (χ2v) is 5.49. The Morgan fingerprint density at radius 2 is 1.77 bits per heavy atom. The van der Waals surface area contributed by atoms with Crippen molar-refractivity contribution in [3.8, 4) is 5.75 Å². The zero-order valence-electron chi connectivity index (χ0n) is 14.3. The SMILES string of the molecule is COc1ccccc1C(=O)C(C(=O)Nc1ccccc1)n1nnnc1C. The van der Waals surface area contributed by atoms with Crippen LogP contribution in [0.5, 0.6) is 5.75 Å². The standard InChI is InChI=1S/C18H17N5O3/c1-12-20-21-22-23(12)16(18(25)19-13-8-4-3-5-9-13)17(24)14-10-6-7-11-15(14)26-2/h3-11,16H,1-2H3,(H,19,25). The number of nitrogens with zero attached hydrogens (tertiary/aromatic N) is 4. The van der Waals surface area contributed by atoms with E-state index in [-0.39, 0.29) is 5.56 Å². The second-order valence-electron chi connectivity index (χ2n) is 5.49. The van der Waals surface area contributed by atoms with E-state index in [1.807, 2.05) is 6.07 Å². The highest BCUT2D eigenvalue weighted by Crippen LogP contribution is 2.24. The van der Waals surface area contributed by atoms with Crippen LogP contribution in [0.3, 0.4) is 0 Å². The lowest BCUT2D eigenvalue weighted by Gasteiger charge is -2.17. The fraction of sp³-hybridized carbons (Fsp3) is 0.167. The van der Waals surface area contributed by atoms with Gasteiger partial charge in [-0.2, -0.15) is 0 Å². The fourth-order valence-corrected chi connectivity index (χ4v) is 2.55. The molecule has 132 valence electrons. The summed E-state index contributed by atoms with van der Waals surface area (Å²) in [5.41, 5.74) is 0.846. The van der Waals surface area contributed by atoms with Crippen molar-refractivity contribution in [1.82, 2.24) is 20.2 Å². The third-order valence-corrected chi connectivity index (χ3v) is 3.81. The van der Waals surface area contributed by atoms with Gasteiger partial charge in [-0.1, -0.05) is 30.3 Å². The minimum Gasteiger partial charge on any atom is -0.496 e. The van der Waals surface area contributed by atoms with Crippen LogP contribution in [-0.4, -0.2) is 39.0 Å². The van der Waals surface area contributed by atoms with Crippen molar-refractivity contribution in [2.45, 2.75) is 13.0 Å². The molecule has 1 aromatic heterocycles. The summed E-state index contributed by atoms with van der Waals surface area (Å²) in [5.74, 6) is -0.281. The maximum Gasteiger partial charge on any atom is 0.257 e. The molecule has 1 amide bonds. The van der Waals surface area contributed by atoms with Gasteiger partial charge in [-0.15, -0.1) is 5.10 Å². The Morgan fingerprint density at radius 3 is 2.42 bits per heavy atom. The number of anilines is 1. The molecule has 0 bridgehead atoms. The zero-order valence-corrected chi connectivity index (χ0v) is 14.3. The van der Waals surface area contributed by atoms with E-state index in [0.29, 0.717) is 17.3 Å². The Labute approximate surface area is 149 Å². The monoisotopic (exact) mass is 351 g/mol. The molecule has 0 saturated heterocycles. The van der Waals surface area contributed by atoms with Crippen LogP contribution in [0, 0.1) is 6.92 Å². The van der Waals surface area contributed by atoms with Gasteiger partial charge in [-0.05, 0) is 41.6 Å². The number of carbonyl (C=O) groups is 2. The molecule has 1 atom stereocenters. The van der Waals surface area contributed by atoms with Crippen molar-refractivity contribution < 1.29 is 14.3 Å². The summed E-state index contributed by atoms with van der Waals surface area (Å²) in [5, 5.41) is 13.9. The number of amides is 1. The van der Waals surface area contributed by atoms with Crippen molar-refractivity contribution in [1.29, 1.82) is 0 Å². The quantitative estimate of drug-likeness (QED) is 0.539. The molecule has 1 unspecified atom stereocenters. The first-order chi connectivity index (χ1) is 12.6. The van der Waals surface area contributed by atoms with Crippen LogP contribution in [0.25, 0.3) is 0 Å². The second kappa shape index (κ2) is 7.56. The Kier molecular flexibility index (Phi) is 5.02. The van der Waals surface area contributed by atoms with E-state index in [2.05, 4.69) is 20.8 Å². The molecule has 1 heterocycles. The third-order valence-electron chi connectivity index (χ3n) is 3.81. The van der Waals surface area contributed by atoms with Crippen LogP contribution in [0.1, 0.15) is 22.2 Å².